The van der Waals surface area contributed by atoms with Crippen LogP contribution in [0.4, 0.5) is 0 Å². The van der Waals surface area contributed by atoms with Gasteiger partial charge < -0.3 is 4.74 Å². The van der Waals surface area contributed by atoms with Crippen LogP contribution in [0.2, 0.25) is 5.15 Å². The van der Waals surface area contributed by atoms with Crippen LogP contribution in [0.5, 0.6) is 0 Å². The Bertz CT molecular complexity index is 949. The first kappa shape index (κ1) is 16.2. The summed E-state index contributed by atoms with van der Waals surface area (Å²) in [7, 11) is 1.27. The molecule has 0 bridgehead atoms. The van der Waals surface area contributed by atoms with Gasteiger partial charge in [-0.3, -0.25) is 9.13 Å². The third kappa shape index (κ3) is 2.67. The van der Waals surface area contributed by atoms with E-state index in [0.717, 1.165) is 5.56 Å². The van der Waals surface area contributed by atoms with E-state index in [-0.39, 0.29) is 5.15 Å². The van der Waals surface area contributed by atoms with E-state index in [1.165, 1.54) is 22.6 Å². The lowest BCUT2D eigenvalue weighted by atomic mass is 10.2. The summed E-state index contributed by atoms with van der Waals surface area (Å²) in [5, 5.41) is 0.111. The average molecular weight is 347 g/mol. The maximum Gasteiger partial charge on any atom is 0.331 e. The molecule has 8 heteroatoms. The second-order valence-corrected chi connectivity index (χ2v) is 5.62. The highest BCUT2D eigenvalue weighted by Gasteiger charge is 2.25. The number of rotatable bonds is 4. The highest BCUT2D eigenvalue weighted by molar-refractivity contribution is 6.33. The molecule has 0 aliphatic heterocycles. The molecule has 24 heavy (non-hydrogen) atoms. The molecule has 2 heterocycles. The van der Waals surface area contributed by atoms with E-state index in [1.54, 1.807) is 6.92 Å². The molecule has 0 spiro atoms. The number of benzene rings is 1. The van der Waals surface area contributed by atoms with Crippen molar-refractivity contribution >= 4 is 28.7 Å². The summed E-state index contributed by atoms with van der Waals surface area (Å²) in [6.45, 7) is 1.88. The summed E-state index contributed by atoms with van der Waals surface area (Å²) in [6.07, 6.45) is 1.29. The first-order valence-corrected chi connectivity index (χ1v) is 7.65. The number of hydrogen-bond acceptors (Lipinski definition) is 5. The van der Waals surface area contributed by atoms with Crippen LogP contribution < -0.4 is 5.69 Å². The van der Waals surface area contributed by atoms with Crippen molar-refractivity contribution in [1.29, 1.82) is 0 Å². The molecule has 124 valence electrons. The topological polar surface area (TPSA) is 79.0 Å². The smallest absolute Gasteiger partial charge is 0.331 e. The van der Waals surface area contributed by atoms with Gasteiger partial charge in [0.05, 0.1) is 13.7 Å². The number of esters is 1. The second kappa shape index (κ2) is 6.45. The number of carbonyl (C=O) groups excluding carboxylic acids is 1. The molecular weight excluding hydrogens is 332 g/mol. The molecule has 0 amide bonds. The number of imidazole rings is 1. The first-order chi connectivity index (χ1) is 11.5. The summed E-state index contributed by atoms with van der Waals surface area (Å²) in [6, 6.07) is 8.64. The monoisotopic (exact) mass is 346 g/mol. The Morgan fingerprint density at radius 1 is 1.29 bits per heavy atom. The highest BCUT2D eigenvalue weighted by atomic mass is 35.5. The molecule has 3 rings (SSSR count). The van der Waals surface area contributed by atoms with E-state index in [4.69, 9.17) is 16.3 Å². The van der Waals surface area contributed by atoms with Crippen molar-refractivity contribution in [3.05, 3.63) is 57.9 Å². The quantitative estimate of drug-likeness (QED) is 0.533. The van der Waals surface area contributed by atoms with E-state index in [9.17, 15) is 9.59 Å². The molecule has 1 unspecified atom stereocenters. The van der Waals surface area contributed by atoms with Gasteiger partial charge in [-0.05, 0) is 12.5 Å². The number of methoxy groups -OCH3 is 1. The van der Waals surface area contributed by atoms with Crippen molar-refractivity contribution in [2.45, 2.75) is 19.5 Å². The maximum absolute atomic E-state index is 12.9. The summed E-state index contributed by atoms with van der Waals surface area (Å²) < 4.78 is 7.49. The number of hydrogen-bond donors (Lipinski definition) is 0. The molecule has 0 radical (unpaired) electrons. The van der Waals surface area contributed by atoms with Crippen LogP contribution in [0.15, 0.2) is 41.5 Å². The largest absolute Gasteiger partial charge is 0.467 e. The lowest BCUT2D eigenvalue weighted by molar-refractivity contribution is -0.144. The van der Waals surface area contributed by atoms with Gasteiger partial charge in [0.2, 0.25) is 0 Å². The minimum atomic E-state index is -0.842. The van der Waals surface area contributed by atoms with Crippen LogP contribution in [-0.2, 0) is 16.1 Å². The Hall–Kier alpha value is -2.67. The molecule has 1 atom stereocenters. The molecule has 0 aliphatic rings. The number of ether oxygens (including phenoxy) is 1. The van der Waals surface area contributed by atoms with Crippen molar-refractivity contribution in [2.24, 2.45) is 0 Å². The van der Waals surface area contributed by atoms with Gasteiger partial charge in [0.15, 0.2) is 10.8 Å². The third-order valence-corrected chi connectivity index (χ3v) is 4.08. The van der Waals surface area contributed by atoms with Gasteiger partial charge in [-0.1, -0.05) is 41.9 Å². The summed E-state index contributed by atoms with van der Waals surface area (Å²) in [5.74, 6) is -0.546. The van der Waals surface area contributed by atoms with E-state index in [1.807, 2.05) is 30.3 Å². The molecule has 1 aromatic carbocycles. The van der Waals surface area contributed by atoms with Gasteiger partial charge in [0.25, 0.3) is 0 Å². The van der Waals surface area contributed by atoms with Crippen molar-refractivity contribution in [3.63, 3.8) is 0 Å². The van der Waals surface area contributed by atoms with Crippen molar-refractivity contribution in [1.82, 2.24) is 19.1 Å². The molecule has 2 aromatic heterocycles. The predicted molar refractivity (Wildman–Crippen MR) is 89.1 cm³/mol. The standard InChI is InChI=1S/C16H15ClN4O3/c1-10(15(22)24-2)21-12-13(17)18-9-19-14(12)20(16(21)23)8-11-6-4-3-5-7-11/h3-7,9-10H,8H2,1-2H3. The zero-order valence-electron chi connectivity index (χ0n) is 13.1. The SMILES string of the molecule is COC(=O)C(C)n1c(=O)n(Cc2ccccc2)c2ncnc(Cl)c21. The van der Waals surface area contributed by atoms with Crippen molar-refractivity contribution < 1.29 is 9.53 Å². The van der Waals surface area contributed by atoms with Crippen molar-refractivity contribution in [3.8, 4) is 0 Å². The van der Waals surface area contributed by atoms with E-state index in [0.29, 0.717) is 17.7 Å². The summed E-state index contributed by atoms with van der Waals surface area (Å²) in [5.41, 5.74) is 1.23. The minimum Gasteiger partial charge on any atom is -0.467 e. The maximum atomic E-state index is 12.9. The van der Waals surface area contributed by atoms with E-state index < -0.39 is 17.7 Å². The Labute approximate surface area is 142 Å². The molecule has 0 saturated carbocycles. The fraction of sp³-hybridized carbons (Fsp3) is 0.250. The zero-order chi connectivity index (χ0) is 17.3. The second-order valence-electron chi connectivity index (χ2n) is 5.26. The van der Waals surface area contributed by atoms with Gasteiger partial charge >= 0.3 is 11.7 Å². The fourth-order valence-corrected chi connectivity index (χ4v) is 2.83. The average Bonchev–Trinajstić information content (AvgIpc) is 2.88. The Balaban J connectivity index is 2.24. The van der Waals surface area contributed by atoms with Crippen molar-refractivity contribution in [2.75, 3.05) is 7.11 Å². The summed E-state index contributed by atoms with van der Waals surface area (Å²) in [4.78, 5) is 32.9. The Morgan fingerprint density at radius 2 is 2.00 bits per heavy atom. The predicted octanol–water partition coefficient (Wildman–Crippen LogP) is 2.03. The minimum absolute atomic E-state index is 0.111. The van der Waals surface area contributed by atoms with E-state index in [2.05, 4.69) is 9.97 Å². The van der Waals surface area contributed by atoms with Gasteiger partial charge in [0.1, 0.15) is 17.9 Å². The van der Waals surface area contributed by atoms with Crippen LogP contribution in [-0.4, -0.2) is 32.2 Å². The first-order valence-electron chi connectivity index (χ1n) is 7.27. The van der Waals surface area contributed by atoms with Gasteiger partial charge in [0, 0.05) is 0 Å². The number of carbonyl (C=O) groups is 1. The molecule has 0 aliphatic carbocycles. The highest BCUT2D eigenvalue weighted by Crippen LogP contribution is 2.22. The fourth-order valence-electron chi connectivity index (χ4n) is 2.61. The molecular formula is C16H15ClN4O3. The van der Waals surface area contributed by atoms with Crippen LogP contribution in [0.1, 0.15) is 18.5 Å². The Morgan fingerprint density at radius 3 is 2.67 bits per heavy atom. The van der Waals surface area contributed by atoms with Gasteiger partial charge in [-0.15, -0.1) is 0 Å². The number of halogens is 1. The number of fused-ring (bicyclic) bond motifs is 1. The van der Waals surface area contributed by atoms with Crippen LogP contribution >= 0.6 is 11.6 Å². The number of aromatic nitrogens is 4. The van der Waals surface area contributed by atoms with Gasteiger partial charge in [-0.25, -0.2) is 19.6 Å². The normalized spacial score (nSPS) is 12.3. The molecule has 0 N–H and O–H groups in total. The molecule has 3 aromatic rings. The summed E-state index contributed by atoms with van der Waals surface area (Å²) >= 11 is 6.17. The lowest BCUT2D eigenvalue weighted by Gasteiger charge is -2.10. The number of nitrogens with zero attached hydrogens (tertiary/aromatic N) is 4. The molecule has 7 nitrogen and oxygen atoms in total. The van der Waals surface area contributed by atoms with Gasteiger partial charge in [-0.2, -0.15) is 0 Å². The van der Waals surface area contributed by atoms with Crippen LogP contribution in [0.3, 0.4) is 0 Å². The van der Waals surface area contributed by atoms with Crippen LogP contribution in [0.25, 0.3) is 11.2 Å². The molecule has 0 fully saturated rings. The van der Waals surface area contributed by atoms with Crippen LogP contribution in [0, 0.1) is 0 Å². The molecule has 0 saturated heterocycles. The third-order valence-electron chi connectivity index (χ3n) is 3.80. The Kier molecular flexibility index (Phi) is 4.35. The lowest BCUT2D eigenvalue weighted by Crippen LogP contribution is -2.30. The van der Waals surface area contributed by atoms with E-state index >= 15 is 0 Å². The zero-order valence-corrected chi connectivity index (χ0v) is 13.9.